The normalized spacial score (nSPS) is 14.6. The average Bonchev–Trinajstić information content (AvgIpc) is 2.77. The fourth-order valence-corrected chi connectivity index (χ4v) is 4.81. The van der Waals surface area contributed by atoms with E-state index < -0.39 is 59.3 Å². The average molecular weight is 626 g/mol. The molecule has 36 heavy (non-hydrogen) atoms. The second-order valence-corrected chi connectivity index (χ2v) is 10.4. The largest absolute Gasteiger partial charge is 0.433 e. The number of alkyl halides is 9. The lowest BCUT2D eigenvalue weighted by Crippen LogP contribution is -2.49. The lowest BCUT2D eigenvalue weighted by atomic mass is 9.95. The smallest absolute Gasteiger partial charge is 0.320 e. The third-order valence-electron chi connectivity index (χ3n) is 4.88. The third-order valence-corrected chi connectivity index (χ3v) is 7.13. The van der Waals surface area contributed by atoms with E-state index in [0.717, 1.165) is 0 Å². The predicted octanol–water partition coefficient (Wildman–Crippen LogP) is 6.85. The van der Waals surface area contributed by atoms with E-state index in [-0.39, 0.29) is 17.7 Å². The number of aromatic nitrogens is 1. The maximum Gasteiger partial charge on any atom is 0.433 e. The molecule has 0 spiro atoms. The molecule has 0 radical (unpaired) electrons. The molecule has 1 N–H and O–H groups in total. The van der Waals surface area contributed by atoms with Crippen molar-refractivity contribution >= 4 is 59.9 Å². The number of rotatable bonds is 6. The molecular weight excluding hydrogens is 616 g/mol. The van der Waals surface area contributed by atoms with Gasteiger partial charge in [0.05, 0.1) is 21.1 Å². The zero-order chi connectivity index (χ0) is 27.3. The van der Waals surface area contributed by atoms with Gasteiger partial charge < -0.3 is 5.32 Å². The first kappa shape index (κ1) is 28.1. The number of carbonyl (C=O) groups excluding carboxylic acids is 1. The van der Waals surface area contributed by atoms with Crippen LogP contribution in [0.3, 0.4) is 0 Å². The summed E-state index contributed by atoms with van der Waals surface area (Å²) in [6, 6.07) is 6.67. The van der Waals surface area contributed by atoms with E-state index in [2.05, 4.69) is 4.98 Å². The molecule has 5 nitrogen and oxygen atoms in total. The van der Waals surface area contributed by atoms with Crippen molar-refractivity contribution in [1.82, 2.24) is 4.98 Å². The number of halogens is 10. The van der Waals surface area contributed by atoms with Crippen LogP contribution in [0.25, 0.3) is 10.9 Å². The van der Waals surface area contributed by atoms with Crippen molar-refractivity contribution in [3.63, 3.8) is 0 Å². The maximum atomic E-state index is 14.8. The van der Waals surface area contributed by atoms with E-state index in [9.17, 15) is 48.3 Å². The van der Waals surface area contributed by atoms with Gasteiger partial charge in [-0.05, 0) is 46.3 Å². The molecule has 3 aromatic rings. The molecule has 1 aromatic heterocycles. The minimum absolute atomic E-state index is 0.0493. The summed E-state index contributed by atoms with van der Waals surface area (Å²) in [6.45, 7) is 0. The summed E-state index contributed by atoms with van der Waals surface area (Å²) in [5, 5.41) is 1.21. The van der Waals surface area contributed by atoms with Crippen LogP contribution in [0.5, 0.6) is 0 Å². The molecule has 1 atom stereocenters. The molecule has 0 bridgehead atoms. The number of sulfone groups is 1. The highest BCUT2D eigenvalue weighted by molar-refractivity contribution is 9.10. The number of pyridine rings is 1. The lowest BCUT2D eigenvalue weighted by Gasteiger charge is -2.32. The molecule has 0 aliphatic heterocycles. The van der Waals surface area contributed by atoms with Crippen LogP contribution in [0.1, 0.15) is 15.9 Å². The molecule has 1 heterocycles. The van der Waals surface area contributed by atoms with E-state index in [1.165, 1.54) is 40.3 Å². The zero-order valence-electron chi connectivity index (χ0n) is 17.1. The van der Waals surface area contributed by atoms with Gasteiger partial charge in [0.2, 0.25) is 9.84 Å². The second kappa shape index (κ2) is 9.41. The number of nitrogens with zero attached hydrogens (tertiary/aromatic N) is 1. The number of carbonyl (C=O) groups is 1. The highest BCUT2D eigenvalue weighted by Gasteiger charge is 2.71. The van der Waals surface area contributed by atoms with Crippen LogP contribution in [0, 0.1) is 0 Å². The molecule has 1 unspecified atom stereocenters. The van der Waals surface area contributed by atoms with Crippen LogP contribution in [0.2, 0.25) is 5.02 Å². The Morgan fingerprint density at radius 3 is 2.22 bits per heavy atom. The van der Waals surface area contributed by atoms with Crippen LogP contribution < -0.4 is 5.32 Å². The van der Waals surface area contributed by atoms with Crippen molar-refractivity contribution in [2.24, 2.45) is 0 Å². The summed E-state index contributed by atoms with van der Waals surface area (Å²) in [6.07, 6.45) is -4.98. The van der Waals surface area contributed by atoms with Crippen molar-refractivity contribution in [3.05, 3.63) is 64.8 Å². The molecule has 0 fully saturated rings. The Kier molecular flexibility index (Phi) is 7.34. The van der Waals surface area contributed by atoms with Crippen LogP contribution in [-0.4, -0.2) is 36.1 Å². The monoisotopic (exact) mass is 624 g/mol. The number of fused-ring (bicyclic) bond motifs is 1. The SMILES string of the molecule is O=C(Nc1c(Cl)cc(C(F)(C(F)(F)F)C(F)(F)Br)cc1S(=O)(=O)C(F)F)c1ccc2cccnc2c1. The number of amides is 1. The van der Waals surface area contributed by atoms with Gasteiger partial charge in [-0.25, -0.2) is 12.8 Å². The molecule has 0 saturated carbocycles. The van der Waals surface area contributed by atoms with Gasteiger partial charge in [-0.3, -0.25) is 9.78 Å². The summed E-state index contributed by atoms with van der Waals surface area (Å²) in [5.74, 6) is -5.47. The standard InChI is InChI=1S/C20H10BrClF8N2O3S/c21-19(26,27)18(25,20(28,29)30)11-7-12(22)15(14(8-11)36(34,35)17(23)24)32-16(33)10-4-3-9-2-1-5-31-13(9)6-10/h1-8,17H,(H,32,33). The van der Waals surface area contributed by atoms with Crippen LogP contribution in [0.15, 0.2) is 53.6 Å². The van der Waals surface area contributed by atoms with E-state index in [4.69, 9.17) is 11.6 Å². The summed E-state index contributed by atoms with van der Waals surface area (Å²) in [4.78, 5) is 9.50. The van der Waals surface area contributed by atoms with Crippen molar-refractivity contribution in [3.8, 4) is 0 Å². The van der Waals surface area contributed by atoms with Gasteiger partial charge in [0, 0.05) is 22.7 Å². The summed E-state index contributed by atoms with van der Waals surface area (Å²) >= 11 is 7.01. The van der Waals surface area contributed by atoms with Gasteiger partial charge in [0.15, 0.2) is 0 Å². The van der Waals surface area contributed by atoms with Gasteiger partial charge in [0.25, 0.3) is 5.91 Å². The number of hydrogen-bond acceptors (Lipinski definition) is 4. The second-order valence-electron chi connectivity index (χ2n) is 7.16. The maximum absolute atomic E-state index is 14.8. The Morgan fingerprint density at radius 2 is 1.67 bits per heavy atom. The Hall–Kier alpha value is -2.52. The molecule has 16 heteroatoms. The highest BCUT2D eigenvalue weighted by atomic mass is 79.9. The Balaban J connectivity index is 2.22. The number of benzene rings is 2. The van der Waals surface area contributed by atoms with Crippen molar-refractivity contribution in [2.75, 3.05) is 5.32 Å². The molecule has 2 aromatic carbocycles. The topological polar surface area (TPSA) is 76.1 Å². The molecule has 194 valence electrons. The van der Waals surface area contributed by atoms with E-state index in [1.54, 1.807) is 12.1 Å². The van der Waals surface area contributed by atoms with Crippen LogP contribution >= 0.6 is 27.5 Å². The summed E-state index contributed by atoms with van der Waals surface area (Å²) in [7, 11) is -5.91. The van der Waals surface area contributed by atoms with Gasteiger partial charge in [-0.1, -0.05) is 23.7 Å². The van der Waals surface area contributed by atoms with Gasteiger partial charge in [-0.15, -0.1) is 0 Å². The molecular formula is C20H10BrClF8N2O3S. The third kappa shape index (κ3) is 4.87. The molecule has 1 amide bonds. The zero-order valence-corrected chi connectivity index (χ0v) is 20.2. The fourth-order valence-electron chi connectivity index (χ4n) is 3.10. The fraction of sp³-hybridized carbons (Fsp3) is 0.200. The number of nitrogens with one attached hydrogen (secondary N) is 1. The quantitative estimate of drug-likeness (QED) is 0.240. The molecule has 0 aliphatic carbocycles. The van der Waals surface area contributed by atoms with Gasteiger partial charge in [-0.2, -0.15) is 30.7 Å². The minimum Gasteiger partial charge on any atom is -0.320 e. The van der Waals surface area contributed by atoms with Crippen molar-refractivity contribution < 1.29 is 48.3 Å². The summed E-state index contributed by atoms with van der Waals surface area (Å²) < 4.78 is 133. The van der Waals surface area contributed by atoms with E-state index >= 15 is 0 Å². The van der Waals surface area contributed by atoms with Crippen molar-refractivity contribution in [2.45, 2.75) is 27.3 Å². The van der Waals surface area contributed by atoms with Gasteiger partial charge in [0.1, 0.15) is 0 Å². The van der Waals surface area contributed by atoms with Crippen LogP contribution in [-0.2, 0) is 15.5 Å². The first-order valence-corrected chi connectivity index (χ1v) is 12.0. The first-order chi connectivity index (χ1) is 16.4. The lowest BCUT2D eigenvalue weighted by molar-refractivity contribution is -0.282. The Bertz CT molecular complexity index is 1430. The first-order valence-electron chi connectivity index (χ1n) is 9.26. The molecule has 0 aliphatic rings. The summed E-state index contributed by atoms with van der Waals surface area (Å²) in [5.41, 5.74) is -8.78. The van der Waals surface area contributed by atoms with E-state index in [1.807, 2.05) is 5.32 Å². The molecule has 3 rings (SSSR count). The highest BCUT2D eigenvalue weighted by Crippen LogP contribution is 2.56. The predicted molar refractivity (Wildman–Crippen MR) is 117 cm³/mol. The Morgan fingerprint density at radius 1 is 1.03 bits per heavy atom. The van der Waals surface area contributed by atoms with Crippen LogP contribution in [0.4, 0.5) is 40.8 Å². The van der Waals surface area contributed by atoms with Crippen molar-refractivity contribution in [1.29, 1.82) is 0 Å². The number of anilines is 1. The Labute approximate surface area is 210 Å². The van der Waals surface area contributed by atoms with E-state index in [0.29, 0.717) is 10.9 Å². The number of hydrogen-bond donors (Lipinski definition) is 1. The van der Waals surface area contributed by atoms with Gasteiger partial charge >= 0.3 is 22.4 Å². The molecule has 0 saturated heterocycles. The minimum atomic E-state index is -6.36.